The maximum Gasteiger partial charge on any atom is 0.252 e. The summed E-state index contributed by atoms with van der Waals surface area (Å²) in [5.74, 6) is 3.53. The Balaban J connectivity index is 2.01. The van der Waals surface area contributed by atoms with E-state index in [1.54, 1.807) is 6.07 Å². The molecule has 0 aromatic carbocycles. The number of nitrogen functional groups attached to an aromatic ring is 1. The van der Waals surface area contributed by atoms with Crippen LogP contribution in [0.2, 0.25) is 0 Å². The minimum Gasteiger partial charge on any atom is -0.397 e. The van der Waals surface area contributed by atoms with E-state index in [1.165, 1.54) is 17.7 Å². The van der Waals surface area contributed by atoms with Gasteiger partial charge in [0.05, 0.1) is 17.4 Å². The van der Waals surface area contributed by atoms with E-state index >= 15 is 0 Å². The van der Waals surface area contributed by atoms with Gasteiger partial charge in [0, 0.05) is 29.1 Å². The second kappa shape index (κ2) is 6.19. The van der Waals surface area contributed by atoms with Gasteiger partial charge in [-0.1, -0.05) is 0 Å². The van der Waals surface area contributed by atoms with Crippen molar-refractivity contribution in [1.82, 2.24) is 4.98 Å². The van der Waals surface area contributed by atoms with E-state index in [0.717, 1.165) is 12.3 Å². The number of aromatic nitrogens is 1. The number of anilines is 2. The predicted octanol–water partition coefficient (Wildman–Crippen LogP) is 1.02. The smallest absolute Gasteiger partial charge is 0.252 e. The van der Waals surface area contributed by atoms with Crippen molar-refractivity contribution in [3.63, 3.8) is 0 Å². The van der Waals surface area contributed by atoms with Gasteiger partial charge in [0.25, 0.3) is 5.91 Å². The molecule has 0 aliphatic carbocycles. The molecule has 5 N–H and O–H groups in total. The second-order valence-electron chi connectivity index (χ2n) is 3.98. The van der Waals surface area contributed by atoms with Gasteiger partial charge in [0.2, 0.25) is 0 Å². The molecule has 1 aromatic rings. The predicted molar refractivity (Wildman–Crippen MR) is 79.2 cm³/mol. The van der Waals surface area contributed by atoms with Gasteiger partial charge in [-0.05, 0) is 6.07 Å². The summed E-state index contributed by atoms with van der Waals surface area (Å²) in [5.41, 5.74) is 11.7. The maximum atomic E-state index is 11.3. The zero-order valence-corrected chi connectivity index (χ0v) is 11.5. The van der Waals surface area contributed by atoms with Gasteiger partial charge < -0.3 is 16.8 Å². The van der Waals surface area contributed by atoms with Gasteiger partial charge in [-0.2, -0.15) is 23.5 Å². The number of nitrogens with one attached hydrogen (secondary N) is 1. The summed E-state index contributed by atoms with van der Waals surface area (Å²) in [6.07, 6.45) is 1.53. The monoisotopic (exact) mass is 284 g/mol. The number of primary amides is 1. The molecule has 1 atom stereocenters. The molecule has 1 unspecified atom stereocenters. The largest absolute Gasteiger partial charge is 0.397 e. The van der Waals surface area contributed by atoms with Crippen LogP contribution in [0.1, 0.15) is 10.4 Å². The summed E-state index contributed by atoms with van der Waals surface area (Å²) >= 11 is 3.91. The van der Waals surface area contributed by atoms with Gasteiger partial charge in [-0.3, -0.25) is 4.79 Å². The molecular formula is C11H16N4OS2. The molecule has 5 nitrogen and oxygen atoms in total. The highest BCUT2D eigenvalue weighted by molar-refractivity contribution is 8.06. The molecule has 0 radical (unpaired) electrons. The van der Waals surface area contributed by atoms with Crippen LogP contribution in [0.4, 0.5) is 11.5 Å². The Morgan fingerprint density at radius 1 is 1.56 bits per heavy atom. The number of nitrogens with two attached hydrogens (primary N) is 2. The number of pyridine rings is 1. The molecule has 1 aromatic heterocycles. The molecule has 2 heterocycles. The summed E-state index contributed by atoms with van der Waals surface area (Å²) in [6.45, 7) is 0.787. The molecule has 1 aliphatic heterocycles. The normalized spacial score (nSPS) is 19.4. The number of hydrogen-bond donors (Lipinski definition) is 3. The molecule has 18 heavy (non-hydrogen) atoms. The minimum atomic E-state index is -0.511. The lowest BCUT2D eigenvalue weighted by molar-refractivity contribution is 0.100. The molecule has 1 aliphatic rings. The van der Waals surface area contributed by atoms with Crippen molar-refractivity contribution in [2.24, 2.45) is 5.73 Å². The van der Waals surface area contributed by atoms with E-state index < -0.39 is 5.91 Å². The number of rotatable bonds is 4. The molecular weight excluding hydrogens is 268 g/mol. The Morgan fingerprint density at radius 3 is 3.06 bits per heavy atom. The van der Waals surface area contributed by atoms with Gasteiger partial charge >= 0.3 is 0 Å². The van der Waals surface area contributed by atoms with Crippen molar-refractivity contribution in [3.8, 4) is 0 Å². The third-order valence-corrected chi connectivity index (χ3v) is 5.40. The Kier molecular flexibility index (Phi) is 4.60. The van der Waals surface area contributed by atoms with Crippen LogP contribution in [-0.2, 0) is 0 Å². The Hall–Kier alpha value is -1.08. The van der Waals surface area contributed by atoms with Gasteiger partial charge in [0.15, 0.2) is 0 Å². The average Bonchev–Trinajstić information content (AvgIpc) is 2.38. The van der Waals surface area contributed by atoms with E-state index in [2.05, 4.69) is 10.3 Å². The van der Waals surface area contributed by atoms with Crippen molar-refractivity contribution < 1.29 is 4.79 Å². The van der Waals surface area contributed by atoms with Crippen LogP contribution in [0.5, 0.6) is 0 Å². The van der Waals surface area contributed by atoms with Crippen LogP contribution < -0.4 is 16.8 Å². The molecule has 2 rings (SSSR count). The first-order valence-electron chi connectivity index (χ1n) is 5.65. The molecule has 98 valence electrons. The fraction of sp³-hybridized carbons (Fsp3) is 0.455. The highest BCUT2D eigenvalue weighted by Crippen LogP contribution is 2.24. The fourth-order valence-corrected chi connectivity index (χ4v) is 4.29. The quantitative estimate of drug-likeness (QED) is 0.764. The maximum absolute atomic E-state index is 11.3. The molecule has 0 saturated carbocycles. The van der Waals surface area contributed by atoms with Crippen LogP contribution in [0, 0.1) is 0 Å². The van der Waals surface area contributed by atoms with Crippen LogP contribution in [0.3, 0.4) is 0 Å². The first-order valence-corrected chi connectivity index (χ1v) is 7.85. The molecule has 1 fully saturated rings. The summed E-state index contributed by atoms with van der Waals surface area (Å²) in [5, 5.41) is 3.74. The van der Waals surface area contributed by atoms with Crippen molar-refractivity contribution in [2.45, 2.75) is 5.25 Å². The Bertz CT molecular complexity index is 435. The van der Waals surface area contributed by atoms with Gasteiger partial charge in [-0.15, -0.1) is 0 Å². The third-order valence-electron chi connectivity index (χ3n) is 2.56. The first kappa shape index (κ1) is 13.4. The minimum absolute atomic E-state index is 0.350. The van der Waals surface area contributed by atoms with E-state index in [9.17, 15) is 4.79 Å². The zero-order valence-electron chi connectivity index (χ0n) is 9.89. The fourth-order valence-electron chi connectivity index (χ4n) is 1.67. The first-order chi connectivity index (χ1) is 8.66. The number of nitrogens with zero attached hydrogens (tertiary/aromatic N) is 1. The summed E-state index contributed by atoms with van der Waals surface area (Å²) in [7, 11) is 0. The molecule has 7 heteroatoms. The molecule has 0 bridgehead atoms. The van der Waals surface area contributed by atoms with Crippen LogP contribution in [0.15, 0.2) is 12.3 Å². The van der Waals surface area contributed by atoms with E-state index in [1.807, 2.05) is 23.5 Å². The lowest BCUT2D eigenvalue weighted by Crippen LogP contribution is -2.25. The zero-order chi connectivity index (χ0) is 13.0. The van der Waals surface area contributed by atoms with Crippen molar-refractivity contribution in [2.75, 3.05) is 34.9 Å². The third kappa shape index (κ3) is 3.46. The molecule has 1 amide bonds. The lowest BCUT2D eigenvalue weighted by atomic mass is 10.2. The second-order valence-corrected chi connectivity index (χ2v) is 6.54. The average molecular weight is 284 g/mol. The Labute approximate surface area is 114 Å². The molecule has 0 spiro atoms. The SMILES string of the molecule is NC(=O)c1cc(N)cnc1NCC1CSCCS1. The number of amides is 1. The van der Waals surface area contributed by atoms with Gasteiger partial charge in [-0.25, -0.2) is 4.98 Å². The highest BCUT2D eigenvalue weighted by Gasteiger charge is 2.16. The number of thioether (sulfide) groups is 2. The van der Waals surface area contributed by atoms with Crippen LogP contribution >= 0.6 is 23.5 Å². The summed E-state index contributed by atoms with van der Waals surface area (Å²) in [6, 6.07) is 1.56. The van der Waals surface area contributed by atoms with Crippen LogP contribution in [-0.4, -0.2) is 39.9 Å². The number of hydrogen-bond acceptors (Lipinski definition) is 6. The van der Waals surface area contributed by atoms with Crippen molar-refractivity contribution in [1.29, 1.82) is 0 Å². The van der Waals surface area contributed by atoms with E-state index in [4.69, 9.17) is 11.5 Å². The lowest BCUT2D eigenvalue weighted by Gasteiger charge is -2.21. The van der Waals surface area contributed by atoms with E-state index in [-0.39, 0.29) is 0 Å². The standard InChI is InChI=1S/C11H16N4OS2/c12-7-3-9(10(13)16)11(14-4-7)15-5-8-6-17-1-2-18-8/h3-4,8H,1-2,5-6,12H2,(H2,13,16)(H,14,15). The molecule has 1 saturated heterocycles. The number of carbonyl (C=O) groups is 1. The summed E-state index contributed by atoms with van der Waals surface area (Å²) in [4.78, 5) is 15.4. The topological polar surface area (TPSA) is 94.0 Å². The summed E-state index contributed by atoms with van der Waals surface area (Å²) < 4.78 is 0. The Morgan fingerprint density at radius 2 is 2.39 bits per heavy atom. The van der Waals surface area contributed by atoms with Crippen LogP contribution in [0.25, 0.3) is 0 Å². The van der Waals surface area contributed by atoms with Gasteiger partial charge in [0.1, 0.15) is 5.82 Å². The van der Waals surface area contributed by atoms with E-state index in [0.29, 0.717) is 22.3 Å². The number of carbonyl (C=O) groups excluding carboxylic acids is 1. The van der Waals surface area contributed by atoms with Crippen molar-refractivity contribution >= 4 is 40.9 Å². The highest BCUT2D eigenvalue weighted by atomic mass is 32.2. The van der Waals surface area contributed by atoms with Crippen molar-refractivity contribution in [3.05, 3.63) is 17.8 Å².